The smallest absolute Gasteiger partial charge is 0.416 e. The van der Waals surface area contributed by atoms with Crippen molar-refractivity contribution in [3.8, 4) is 5.88 Å². The van der Waals surface area contributed by atoms with Crippen molar-refractivity contribution in [3.05, 3.63) is 51.7 Å². The monoisotopic (exact) mass is 441 g/mol. The lowest BCUT2D eigenvalue weighted by molar-refractivity contribution is -0.385. The van der Waals surface area contributed by atoms with Crippen LogP contribution in [-0.2, 0) is 24.1 Å². The van der Waals surface area contributed by atoms with Crippen LogP contribution in [0.3, 0.4) is 0 Å². The van der Waals surface area contributed by atoms with Crippen LogP contribution >= 0.6 is 0 Å². The molecule has 0 N–H and O–H groups in total. The van der Waals surface area contributed by atoms with Gasteiger partial charge in [-0.3, -0.25) is 24.5 Å². The Morgan fingerprint density at radius 1 is 1.26 bits per heavy atom. The fourth-order valence-corrected chi connectivity index (χ4v) is 3.41. The molecule has 1 fully saturated rings. The minimum atomic E-state index is -4.37. The summed E-state index contributed by atoms with van der Waals surface area (Å²) in [5.41, 5.74) is -0.365. The van der Waals surface area contributed by atoms with Gasteiger partial charge in [0.2, 0.25) is 5.91 Å². The average molecular weight is 441 g/mol. The largest absolute Gasteiger partial charge is 0.475 e. The minimum absolute atomic E-state index is 0.111. The third-order valence-electron chi connectivity index (χ3n) is 5.04. The van der Waals surface area contributed by atoms with E-state index in [0.29, 0.717) is 38.3 Å². The van der Waals surface area contributed by atoms with E-state index in [9.17, 15) is 28.1 Å². The lowest BCUT2D eigenvalue weighted by Crippen LogP contribution is -2.48. The molecule has 1 aliphatic rings. The van der Waals surface area contributed by atoms with Crippen molar-refractivity contribution in [1.29, 1.82) is 0 Å². The summed E-state index contributed by atoms with van der Waals surface area (Å²) in [6.45, 7) is 2.56. The third-order valence-corrected chi connectivity index (χ3v) is 5.04. The van der Waals surface area contributed by atoms with Crippen LogP contribution in [0.5, 0.6) is 5.88 Å². The number of amides is 1. The molecule has 1 aromatic heterocycles. The van der Waals surface area contributed by atoms with Gasteiger partial charge in [-0.25, -0.2) is 0 Å². The second-order valence-electron chi connectivity index (χ2n) is 7.15. The molecule has 1 aliphatic heterocycles. The van der Waals surface area contributed by atoms with Crippen LogP contribution < -0.4 is 4.74 Å². The first-order valence-electron chi connectivity index (χ1n) is 9.59. The Morgan fingerprint density at radius 3 is 2.55 bits per heavy atom. The van der Waals surface area contributed by atoms with E-state index in [2.05, 4.69) is 5.10 Å². The second kappa shape index (κ2) is 9.33. The Hall–Kier alpha value is -3.15. The van der Waals surface area contributed by atoms with Gasteiger partial charge >= 0.3 is 17.7 Å². The number of piperazine rings is 1. The molecule has 2 heterocycles. The number of hydrogen-bond donors (Lipinski definition) is 0. The van der Waals surface area contributed by atoms with E-state index in [1.54, 1.807) is 11.0 Å². The molecule has 0 aliphatic carbocycles. The molecular formula is C19H22F3N5O4. The van der Waals surface area contributed by atoms with Crippen LogP contribution in [0.15, 0.2) is 30.5 Å². The molecular weight excluding hydrogens is 419 g/mol. The van der Waals surface area contributed by atoms with Gasteiger partial charge in [-0.05, 0) is 11.6 Å². The van der Waals surface area contributed by atoms with Crippen LogP contribution in [0, 0.1) is 10.1 Å². The Labute approximate surface area is 176 Å². The number of nitrogens with zero attached hydrogens (tertiary/aromatic N) is 5. The highest BCUT2D eigenvalue weighted by Crippen LogP contribution is 2.30. The van der Waals surface area contributed by atoms with Crippen LogP contribution in [-0.4, -0.2) is 63.7 Å². The van der Waals surface area contributed by atoms with Gasteiger partial charge in [0, 0.05) is 39.1 Å². The van der Waals surface area contributed by atoms with Gasteiger partial charge < -0.3 is 9.64 Å². The number of halogens is 3. The zero-order valence-electron chi connectivity index (χ0n) is 16.8. The number of methoxy groups -OCH3 is 1. The molecule has 0 atom stereocenters. The molecule has 9 nitrogen and oxygen atoms in total. The SMILES string of the molecule is COc1nn(CCC(=O)N2CCN(Cc3cccc(C(F)(F)F)c3)CC2)cc1[N+](=O)[O-]. The normalized spacial score (nSPS) is 15.2. The van der Waals surface area contributed by atoms with Crippen LogP contribution in [0.4, 0.5) is 18.9 Å². The van der Waals surface area contributed by atoms with Crippen molar-refractivity contribution >= 4 is 11.6 Å². The van der Waals surface area contributed by atoms with Gasteiger partial charge in [0.25, 0.3) is 0 Å². The molecule has 2 aromatic rings. The van der Waals surface area contributed by atoms with Crippen molar-refractivity contribution in [1.82, 2.24) is 19.6 Å². The number of carbonyl (C=O) groups is 1. The van der Waals surface area contributed by atoms with Gasteiger partial charge in [-0.15, -0.1) is 5.10 Å². The number of hydrogen-bond acceptors (Lipinski definition) is 6. The number of aromatic nitrogens is 2. The summed E-state index contributed by atoms with van der Waals surface area (Å²) in [4.78, 5) is 26.5. The Bertz CT molecular complexity index is 939. The van der Waals surface area contributed by atoms with Gasteiger partial charge in [-0.1, -0.05) is 18.2 Å². The highest BCUT2D eigenvalue weighted by Gasteiger charge is 2.30. The molecule has 0 spiro atoms. The molecule has 1 amide bonds. The topological polar surface area (TPSA) is 93.7 Å². The van der Waals surface area contributed by atoms with Gasteiger partial charge in [0.05, 0.1) is 24.1 Å². The predicted octanol–water partition coefficient (Wildman–Crippen LogP) is 2.55. The number of benzene rings is 1. The highest BCUT2D eigenvalue weighted by molar-refractivity contribution is 5.76. The standard InChI is InChI=1S/C19H22F3N5O4/c1-31-18-16(27(29)30)13-26(23-18)6-5-17(28)25-9-7-24(8-10-25)12-14-3-2-4-15(11-14)19(20,21)22/h2-4,11,13H,5-10,12H2,1H3. The van der Waals surface area contributed by atoms with Crippen LogP contribution in [0.2, 0.25) is 0 Å². The molecule has 1 aromatic carbocycles. The number of aryl methyl sites for hydroxylation is 1. The van der Waals surface area contributed by atoms with E-state index in [-0.39, 0.29) is 30.4 Å². The molecule has 3 rings (SSSR count). The Balaban J connectivity index is 1.48. The maximum Gasteiger partial charge on any atom is 0.416 e. The third kappa shape index (κ3) is 5.72. The predicted molar refractivity (Wildman–Crippen MR) is 103 cm³/mol. The zero-order chi connectivity index (χ0) is 22.6. The Kier molecular flexibility index (Phi) is 6.78. The summed E-state index contributed by atoms with van der Waals surface area (Å²) in [7, 11) is 1.28. The number of alkyl halides is 3. The number of rotatable bonds is 7. The molecule has 0 saturated carbocycles. The number of carbonyl (C=O) groups excluding carboxylic acids is 1. The maximum atomic E-state index is 12.9. The molecule has 168 valence electrons. The van der Waals surface area contributed by atoms with Crippen molar-refractivity contribution in [2.45, 2.75) is 25.7 Å². The first-order chi connectivity index (χ1) is 14.7. The first kappa shape index (κ1) is 22.5. The lowest BCUT2D eigenvalue weighted by Gasteiger charge is -2.35. The molecule has 12 heteroatoms. The van der Waals surface area contributed by atoms with Crippen molar-refractivity contribution in [3.63, 3.8) is 0 Å². The van der Waals surface area contributed by atoms with E-state index < -0.39 is 16.7 Å². The summed E-state index contributed by atoms with van der Waals surface area (Å²) >= 11 is 0. The van der Waals surface area contributed by atoms with Gasteiger partial charge in [0.1, 0.15) is 6.20 Å². The second-order valence-corrected chi connectivity index (χ2v) is 7.15. The van der Waals surface area contributed by atoms with Crippen molar-refractivity contribution < 1.29 is 27.6 Å². The molecule has 0 bridgehead atoms. The fraction of sp³-hybridized carbons (Fsp3) is 0.474. The summed E-state index contributed by atoms with van der Waals surface area (Å²) in [5, 5.41) is 14.9. The van der Waals surface area contributed by atoms with Crippen molar-refractivity contribution in [2.24, 2.45) is 0 Å². The van der Waals surface area contributed by atoms with Crippen LogP contribution in [0.1, 0.15) is 17.5 Å². The number of ether oxygens (including phenoxy) is 1. The van der Waals surface area contributed by atoms with E-state index in [0.717, 1.165) is 12.1 Å². The molecule has 0 radical (unpaired) electrons. The maximum absolute atomic E-state index is 12.9. The summed E-state index contributed by atoms with van der Waals surface area (Å²) in [6, 6.07) is 5.25. The summed E-state index contributed by atoms with van der Waals surface area (Å²) < 4.78 is 44.7. The average Bonchev–Trinajstić information content (AvgIpc) is 3.16. The van der Waals surface area contributed by atoms with E-state index in [4.69, 9.17) is 4.74 Å². The minimum Gasteiger partial charge on any atom is -0.475 e. The van der Waals surface area contributed by atoms with Crippen LogP contribution in [0.25, 0.3) is 0 Å². The quantitative estimate of drug-likeness (QED) is 0.484. The van der Waals surface area contributed by atoms with Gasteiger partial charge in [-0.2, -0.15) is 13.2 Å². The highest BCUT2D eigenvalue weighted by atomic mass is 19.4. The Morgan fingerprint density at radius 2 is 1.97 bits per heavy atom. The summed E-state index contributed by atoms with van der Waals surface area (Å²) in [5.74, 6) is -0.225. The molecule has 1 saturated heterocycles. The summed E-state index contributed by atoms with van der Waals surface area (Å²) in [6.07, 6.45) is -3.03. The lowest BCUT2D eigenvalue weighted by atomic mass is 10.1. The van der Waals surface area contributed by atoms with Crippen molar-refractivity contribution in [2.75, 3.05) is 33.3 Å². The molecule has 31 heavy (non-hydrogen) atoms. The fourth-order valence-electron chi connectivity index (χ4n) is 3.41. The van der Waals surface area contributed by atoms with E-state index in [1.807, 2.05) is 4.90 Å². The first-order valence-corrected chi connectivity index (χ1v) is 9.59. The van der Waals surface area contributed by atoms with Gasteiger partial charge in [0.15, 0.2) is 0 Å². The zero-order valence-corrected chi connectivity index (χ0v) is 16.8. The van der Waals surface area contributed by atoms with E-state index in [1.165, 1.54) is 24.1 Å². The molecule has 0 unspecified atom stereocenters. The number of nitro groups is 1. The van der Waals surface area contributed by atoms with E-state index >= 15 is 0 Å².